The number of carbonyl (C=O) groups excluding carboxylic acids is 3. The highest BCUT2D eigenvalue weighted by atomic mass is 16.6. The summed E-state index contributed by atoms with van der Waals surface area (Å²) in [6.45, 7) is 4.13. The van der Waals surface area contributed by atoms with E-state index in [-0.39, 0.29) is 12.5 Å². The van der Waals surface area contributed by atoms with Gasteiger partial charge in [0.25, 0.3) is 5.91 Å². The van der Waals surface area contributed by atoms with Crippen LogP contribution in [0, 0.1) is 0 Å². The Kier molecular flexibility index (Phi) is 8.12. The number of hydrogen-bond acceptors (Lipinski definition) is 5. The first-order chi connectivity index (χ1) is 14.3. The zero-order chi connectivity index (χ0) is 22.1. The highest BCUT2D eigenvalue weighted by molar-refractivity contribution is 5.89. The van der Waals surface area contributed by atoms with Gasteiger partial charge < -0.3 is 19.6 Å². The standard InChI is InChI=1S/C23H28N2O5/c1-4-25(5-2)20(26)16-24(3)21(27)17-30-22(28)23(29,18-12-8-6-9-13-18)19-14-10-7-11-15-19/h6-15,29H,4-5,16-17H2,1-3H3. The lowest BCUT2D eigenvalue weighted by Gasteiger charge is -2.27. The van der Waals surface area contributed by atoms with Gasteiger partial charge in [-0.3, -0.25) is 9.59 Å². The molecule has 160 valence electrons. The quantitative estimate of drug-likeness (QED) is 0.635. The lowest BCUT2D eigenvalue weighted by Crippen LogP contribution is -2.44. The maximum absolute atomic E-state index is 12.9. The highest BCUT2D eigenvalue weighted by Crippen LogP contribution is 2.31. The van der Waals surface area contributed by atoms with Crippen molar-refractivity contribution >= 4 is 17.8 Å². The summed E-state index contributed by atoms with van der Waals surface area (Å²) in [5, 5.41) is 11.3. The molecule has 30 heavy (non-hydrogen) atoms. The lowest BCUT2D eigenvalue weighted by atomic mass is 9.86. The Labute approximate surface area is 176 Å². The van der Waals surface area contributed by atoms with E-state index in [2.05, 4.69) is 0 Å². The van der Waals surface area contributed by atoms with E-state index in [1.807, 2.05) is 13.8 Å². The van der Waals surface area contributed by atoms with Gasteiger partial charge in [0.2, 0.25) is 11.5 Å². The third-order valence-corrected chi connectivity index (χ3v) is 4.92. The zero-order valence-electron chi connectivity index (χ0n) is 17.6. The molecule has 1 N–H and O–H groups in total. The van der Waals surface area contributed by atoms with Gasteiger partial charge in [-0.1, -0.05) is 60.7 Å². The van der Waals surface area contributed by atoms with Gasteiger partial charge in [0.15, 0.2) is 6.61 Å². The molecule has 0 radical (unpaired) electrons. The topological polar surface area (TPSA) is 87.2 Å². The maximum atomic E-state index is 12.9. The fourth-order valence-electron chi connectivity index (χ4n) is 3.07. The first-order valence-corrected chi connectivity index (χ1v) is 9.86. The number of esters is 1. The van der Waals surface area contributed by atoms with Gasteiger partial charge in [-0.15, -0.1) is 0 Å². The van der Waals surface area contributed by atoms with Crippen molar-refractivity contribution in [2.75, 3.05) is 33.3 Å². The summed E-state index contributed by atoms with van der Waals surface area (Å²) in [6, 6.07) is 16.8. The molecule has 0 unspecified atom stereocenters. The van der Waals surface area contributed by atoms with Crippen LogP contribution in [0.4, 0.5) is 0 Å². The van der Waals surface area contributed by atoms with Gasteiger partial charge in [0, 0.05) is 20.1 Å². The smallest absolute Gasteiger partial charge is 0.348 e. The summed E-state index contributed by atoms with van der Waals surface area (Å²) in [5.41, 5.74) is -1.39. The molecule has 0 aromatic heterocycles. The fraction of sp³-hybridized carbons (Fsp3) is 0.348. The molecule has 0 aliphatic carbocycles. The molecule has 0 bridgehead atoms. The summed E-state index contributed by atoms with van der Waals surface area (Å²) < 4.78 is 5.19. The van der Waals surface area contributed by atoms with Crippen LogP contribution in [-0.2, 0) is 24.7 Å². The molecule has 2 aromatic rings. The predicted octanol–water partition coefficient (Wildman–Crippen LogP) is 1.79. The van der Waals surface area contributed by atoms with Crippen molar-refractivity contribution in [1.82, 2.24) is 9.80 Å². The van der Waals surface area contributed by atoms with E-state index < -0.39 is 24.1 Å². The summed E-state index contributed by atoms with van der Waals surface area (Å²) in [6.07, 6.45) is 0. The molecule has 0 saturated heterocycles. The van der Waals surface area contributed by atoms with Crippen LogP contribution < -0.4 is 0 Å². The number of benzene rings is 2. The second-order valence-electron chi connectivity index (χ2n) is 6.83. The number of amides is 2. The predicted molar refractivity (Wildman–Crippen MR) is 112 cm³/mol. The molecule has 2 aromatic carbocycles. The van der Waals surface area contributed by atoms with Gasteiger partial charge in [-0.25, -0.2) is 4.79 Å². The third kappa shape index (κ3) is 5.24. The van der Waals surface area contributed by atoms with Gasteiger partial charge in [-0.05, 0) is 25.0 Å². The summed E-state index contributed by atoms with van der Waals surface area (Å²) in [7, 11) is 1.47. The monoisotopic (exact) mass is 412 g/mol. The van der Waals surface area contributed by atoms with Crippen molar-refractivity contribution in [3.05, 3.63) is 71.8 Å². The molecule has 0 heterocycles. The number of nitrogens with zero attached hydrogens (tertiary/aromatic N) is 2. The van der Waals surface area contributed by atoms with E-state index in [1.54, 1.807) is 65.6 Å². The minimum Gasteiger partial charge on any atom is -0.453 e. The minimum atomic E-state index is -2.06. The third-order valence-electron chi connectivity index (χ3n) is 4.92. The van der Waals surface area contributed by atoms with Crippen LogP contribution in [-0.4, -0.2) is 66.0 Å². The van der Waals surface area contributed by atoms with Crippen molar-refractivity contribution < 1.29 is 24.2 Å². The van der Waals surface area contributed by atoms with E-state index >= 15 is 0 Å². The van der Waals surface area contributed by atoms with E-state index in [9.17, 15) is 19.5 Å². The average Bonchev–Trinajstić information content (AvgIpc) is 2.78. The second kappa shape index (κ2) is 10.5. The van der Waals surface area contributed by atoms with Gasteiger partial charge in [-0.2, -0.15) is 0 Å². The van der Waals surface area contributed by atoms with E-state index in [0.29, 0.717) is 24.2 Å². The van der Waals surface area contributed by atoms with Crippen LogP contribution in [0.2, 0.25) is 0 Å². The number of ether oxygens (including phenoxy) is 1. The number of carbonyl (C=O) groups is 3. The number of hydrogen-bond donors (Lipinski definition) is 1. The van der Waals surface area contributed by atoms with E-state index in [1.165, 1.54) is 11.9 Å². The molecule has 0 atom stereocenters. The Morgan fingerprint density at radius 1 is 0.867 bits per heavy atom. The van der Waals surface area contributed by atoms with E-state index in [4.69, 9.17) is 4.74 Å². The highest BCUT2D eigenvalue weighted by Gasteiger charge is 2.42. The number of likely N-dealkylation sites (N-methyl/N-ethyl adjacent to an activating group) is 2. The summed E-state index contributed by atoms with van der Waals surface area (Å²) in [4.78, 5) is 40.3. The minimum absolute atomic E-state index is 0.111. The van der Waals surface area contributed by atoms with Crippen molar-refractivity contribution in [2.45, 2.75) is 19.4 Å². The van der Waals surface area contributed by atoms with Crippen LogP contribution in [0.5, 0.6) is 0 Å². The Bertz CT molecular complexity index is 811. The molecule has 2 rings (SSSR count). The Hall–Kier alpha value is -3.19. The molecule has 2 amide bonds. The zero-order valence-corrected chi connectivity index (χ0v) is 17.6. The van der Waals surface area contributed by atoms with Crippen molar-refractivity contribution in [1.29, 1.82) is 0 Å². The molecular weight excluding hydrogens is 384 g/mol. The molecule has 0 aliphatic heterocycles. The van der Waals surface area contributed by atoms with E-state index in [0.717, 1.165) is 0 Å². The van der Waals surface area contributed by atoms with Crippen molar-refractivity contribution in [3.8, 4) is 0 Å². The normalized spacial score (nSPS) is 10.9. The van der Waals surface area contributed by atoms with Crippen LogP contribution >= 0.6 is 0 Å². The van der Waals surface area contributed by atoms with Crippen molar-refractivity contribution in [2.24, 2.45) is 0 Å². The number of rotatable bonds is 9. The molecular formula is C23H28N2O5. The first-order valence-electron chi connectivity index (χ1n) is 9.86. The van der Waals surface area contributed by atoms with Gasteiger partial charge >= 0.3 is 5.97 Å². The largest absolute Gasteiger partial charge is 0.453 e. The van der Waals surface area contributed by atoms with Crippen molar-refractivity contribution in [3.63, 3.8) is 0 Å². The second-order valence-corrected chi connectivity index (χ2v) is 6.83. The van der Waals surface area contributed by atoms with Crippen LogP contribution in [0.3, 0.4) is 0 Å². The molecule has 0 saturated carbocycles. The summed E-state index contributed by atoms with van der Waals surface area (Å²) >= 11 is 0. The van der Waals surface area contributed by atoms with Crippen LogP contribution in [0.15, 0.2) is 60.7 Å². The Balaban J connectivity index is 2.12. The summed E-state index contributed by atoms with van der Waals surface area (Å²) in [5.74, 6) is -1.68. The Morgan fingerprint density at radius 3 is 1.77 bits per heavy atom. The van der Waals surface area contributed by atoms with Gasteiger partial charge in [0.05, 0.1) is 6.54 Å². The number of aliphatic hydroxyl groups is 1. The van der Waals surface area contributed by atoms with Crippen LogP contribution in [0.25, 0.3) is 0 Å². The fourth-order valence-corrected chi connectivity index (χ4v) is 3.07. The SMILES string of the molecule is CCN(CC)C(=O)CN(C)C(=O)COC(=O)C(O)(c1ccccc1)c1ccccc1. The maximum Gasteiger partial charge on any atom is 0.348 e. The Morgan fingerprint density at radius 2 is 1.33 bits per heavy atom. The average molecular weight is 412 g/mol. The molecule has 7 nitrogen and oxygen atoms in total. The molecule has 0 spiro atoms. The molecule has 0 aliphatic rings. The lowest BCUT2D eigenvalue weighted by molar-refractivity contribution is -0.166. The van der Waals surface area contributed by atoms with Gasteiger partial charge in [0.1, 0.15) is 0 Å². The first kappa shape index (κ1) is 23.1. The molecule has 0 fully saturated rings. The van der Waals surface area contributed by atoms with Crippen LogP contribution in [0.1, 0.15) is 25.0 Å². The molecule has 7 heteroatoms.